The molecule has 0 aromatic rings. The lowest BCUT2D eigenvalue weighted by Gasteiger charge is -2.16. The highest BCUT2D eigenvalue weighted by Crippen LogP contribution is 2.12. The first kappa shape index (κ1) is 21.9. The van der Waals surface area contributed by atoms with E-state index >= 15 is 0 Å². The first-order chi connectivity index (χ1) is 10.7. The van der Waals surface area contributed by atoms with E-state index in [0.717, 1.165) is 32.1 Å². The number of rotatable bonds is 17. The van der Waals surface area contributed by atoms with Crippen LogP contribution >= 0.6 is 0 Å². The van der Waals surface area contributed by atoms with E-state index in [1.807, 2.05) is 0 Å². The van der Waals surface area contributed by atoms with Gasteiger partial charge in [-0.05, 0) is 19.3 Å². The van der Waals surface area contributed by atoms with E-state index in [4.69, 9.17) is 0 Å². The Hall–Kier alpha value is -0.120. The predicted octanol–water partition coefficient (Wildman–Crippen LogP) is 4.76. The van der Waals surface area contributed by atoms with Crippen LogP contribution in [-0.2, 0) is 0 Å². The highest BCUT2D eigenvalue weighted by atomic mass is 16.3. The van der Waals surface area contributed by atoms with E-state index in [0.29, 0.717) is 6.54 Å². The lowest BCUT2D eigenvalue weighted by atomic mass is 10.0. The largest absolute Gasteiger partial charge is 0.392 e. The quantitative estimate of drug-likeness (QED) is 0.268. The van der Waals surface area contributed by atoms with E-state index in [2.05, 4.69) is 19.2 Å². The third-order valence-electron chi connectivity index (χ3n) is 4.31. The van der Waals surface area contributed by atoms with E-state index in [9.17, 15) is 10.2 Å². The summed E-state index contributed by atoms with van der Waals surface area (Å²) in [6.07, 6.45) is 16.2. The molecule has 0 saturated heterocycles. The molecule has 0 rings (SSSR count). The zero-order valence-electron chi connectivity index (χ0n) is 15.2. The summed E-state index contributed by atoms with van der Waals surface area (Å²) < 4.78 is 0. The Morgan fingerprint density at radius 2 is 1.14 bits per heavy atom. The predicted molar refractivity (Wildman–Crippen MR) is 96.0 cm³/mol. The van der Waals surface area contributed by atoms with Crippen molar-refractivity contribution in [1.29, 1.82) is 0 Å². The van der Waals surface area contributed by atoms with Crippen molar-refractivity contribution in [1.82, 2.24) is 5.32 Å². The van der Waals surface area contributed by atoms with Crippen molar-refractivity contribution in [3.8, 4) is 0 Å². The number of nitrogens with one attached hydrogen (secondary N) is 1. The molecular formula is C19H41NO2. The summed E-state index contributed by atoms with van der Waals surface area (Å²) in [7, 11) is 0. The van der Waals surface area contributed by atoms with Crippen molar-refractivity contribution in [2.24, 2.45) is 0 Å². The fraction of sp³-hybridized carbons (Fsp3) is 1.00. The lowest BCUT2D eigenvalue weighted by Crippen LogP contribution is -2.35. The second-order valence-corrected chi connectivity index (χ2v) is 6.69. The molecule has 0 aromatic carbocycles. The van der Waals surface area contributed by atoms with Gasteiger partial charge in [0.05, 0.1) is 6.10 Å². The van der Waals surface area contributed by atoms with Crippen molar-refractivity contribution in [3.05, 3.63) is 0 Å². The van der Waals surface area contributed by atoms with Gasteiger partial charge < -0.3 is 10.2 Å². The maximum Gasteiger partial charge on any atom is 0.104 e. The molecule has 0 aromatic heterocycles. The van der Waals surface area contributed by atoms with Crippen LogP contribution in [0.5, 0.6) is 0 Å². The van der Waals surface area contributed by atoms with Crippen LogP contribution in [0.15, 0.2) is 0 Å². The second kappa shape index (κ2) is 17.2. The van der Waals surface area contributed by atoms with Gasteiger partial charge in [0.2, 0.25) is 0 Å². The molecule has 0 spiro atoms. The Morgan fingerprint density at radius 1 is 0.636 bits per heavy atom. The molecule has 0 amide bonds. The maximum atomic E-state index is 9.87. The SMILES string of the molecule is CCCCCCCCCCCCC(O)CNC(O)CCCC. The topological polar surface area (TPSA) is 52.5 Å². The molecule has 134 valence electrons. The molecule has 0 heterocycles. The van der Waals surface area contributed by atoms with Crippen LogP contribution in [0, 0.1) is 0 Å². The number of aliphatic hydroxyl groups excluding tert-OH is 2. The normalized spacial score (nSPS) is 14.2. The summed E-state index contributed by atoms with van der Waals surface area (Å²) in [6, 6.07) is 0. The summed E-state index contributed by atoms with van der Waals surface area (Å²) in [4.78, 5) is 0. The summed E-state index contributed by atoms with van der Waals surface area (Å²) in [5, 5.41) is 22.5. The van der Waals surface area contributed by atoms with Crippen LogP contribution in [0.2, 0.25) is 0 Å². The minimum atomic E-state index is -0.456. The van der Waals surface area contributed by atoms with E-state index < -0.39 is 6.23 Å². The number of hydrogen-bond donors (Lipinski definition) is 3. The monoisotopic (exact) mass is 315 g/mol. The van der Waals surface area contributed by atoms with Gasteiger partial charge in [0.15, 0.2) is 0 Å². The number of aliphatic hydroxyl groups is 2. The van der Waals surface area contributed by atoms with Gasteiger partial charge >= 0.3 is 0 Å². The van der Waals surface area contributed by atoms with Gasteiger partial charge in [-0.15, -0.1) is 0 Å². The molecule has 3 N–H and O–H groups in total. The Morgan fingerprint density at radius 3 is 1.68 bits per heavy atom. The minimum Gasteiger partial charge on any atom is -0.392 e. The van der Waals surface area contributed by atoms with E-state index in [-0.39, 0.29) is 6.10 Å². The van der Waals surface area contributed by atoms with Crippen molar-refractivity contribution in [2.75, 3.05) is 6.54 Å². The van der Waals surface area contributed by atoms with Crippen molar-refractivity contribution >= 4 is 0 Å². The standard InChI is InChI=1S/C19H41NO2/c1-3-5-7-8-9-10-11-12-13-14-15-18(21)17-20-19(22)16-6-4-2/h18-22H,3-17H2,1-2H3. The van der Waals surface area contributed by atoms with Crippen molar-refractivity contribution in [2.45, 2.75) is 116 Å². The molecule has 22 heavy (non-hydrogen) atoms. The fourth-order valence-electron chi connectivity index (χ4n) is 2.74. The lowest BCUT2D eigenvalue weighted by molar-refractivity contribution is 0.0900. The molecule has 0 bridgehead atoms. The second-order valence-electron chi connectivity index (χ2n) is 6.69. The third kappa shape index (κ3) is 16.3. The summed E-state index contributed by atoms with van der Waals surface area (Å²) in [6.45, 7) is 4.89. The summed E-state index contributed by atoms with van der Waals surface area (Å²) in [5.41, 5.74) is 0. The third-order valence-corrected chi connectivity index (χ3v) is 4.31. The summed E-state index contributed by atoms with van der Waals surface area (Å²) >= 11 is 0. The van der Waals surface area contributed by atoms with E-state index in [1.165, 1.54) is 57.8 Å². The fourth-order valence-corrected chi connectivity index (χ4v) is 2.74. The first-order valence-electron chi connectivity index (χ1n) is 9.80. The van der Waals surface area contributed by atoms with Gasteiger partial charge in [0.1, 0.15) is 6.23 Å². The Balaban J connectivity index is 3.22. The average Bonchev–Trinajstić information content (AvgIpc) is 2.52. The zero-order valence-corrected chi connectivity index (χ0v) is 15.2. The molecule has 2 unspecified atom stereocenters. The molecule has 0 saturated carbocycles. The number of hydrogen-bond acceptors (Lipinski definition) is 3. The van der Waals surface area contributed by atoms with Gasteiger partial charge in [0.25, 0.3) is 0 Å². The van der Waals surface area contributed by atoms with Crippen LogP contribution in [0.3, 0.4) is 0 Å². The minimum absolute atomic E-state index is 0.315. The van der Waals surface area contributed by atoms with Crippen LogP contribution in [-0.4, -0.2) is 29.1 Å². The maximum absolute atomic E-state index is 9.87. The molecular weight excluding hydrogens is 274 g/mol. The molecule has 0 fully saturated rings. The highest BCUT2D eigenvalue weighted by molar-refractivity contribution is 4.62. The van der Waals surface area contributed by atoms with Gasteiger partial charge in [-0.1, -0.05) is 84.5 Å². The molecule has 0 aliphatic heterocycles. The molecule has 0 radical (unpaired) electrons. The van der Waals surface area contributed by atoms with Crippen LogP contribution in [0.25, 0.3) is 0 Å². The zero-order chi connectivity index (χ0) is 16.5. The van der Waals surface area contributed by atoms with Crippen LogP contribution in [0.1, 0.15) is 104 Å². The van der Waals surface area contributed by atoms with Gasteiger partial charge in [-0.25, -0.2) is 0 Å². The van der Waals surface area contributed by atoms with E-state index in [1.54, 1.807) is 0 Å². The van der Waals surface area contributed by atoms with Gasteiger partial charge in [-0.3, -0.25) is 5.32 Å². The first-order valence-corrected chi connectivity index (χ1v) is 9.80. The van der Waals surface area contributed by atoms with Crippen molar-refractivity contribution in [3.63, 3.8) is 0 Å². The molecule has 0 aliphatic rings. The van der Waals surface area contributed by atoms with Gasteiger partial charge in [-0.2, -0.15) is 0 Å². The Labute approximate surface area is 138 Å². The molecule has 2 atom stereocenters. The van der Waals surface area contributed by atoms with Gasteiger partial charge in [0, 0.05) is 6.54 Å². The molecule has 3 heteroatoms. The molecule has 0 aliphatic carbocycles. The number of unbranched alkanes of at least 4 members (excludes halogenated alkanes) is 10. The molecule has 3 nitrogen and oxygen atoms in total. The average molecular weight is 316 g/mol. The smallest absolute Gasteiger partial charge is 0.104 e. The van der Waals surface area contributed by atoms with Crippen LogP contribution in [0.4, 0.5) is 0 Å². The Bertz CT molecular complexity index is 212. The summed E-state index contributed by atoms with van der Waals surface area (Å²) in [5.74, 6) is 0. The van der Waals surface area contributed by atoms with Crippen molar-refractivity contribution < 1.29 is 10.2 Å². The van der Waals surface area contributed by atoms with Crippen LogP contribution < -0.4 is 5.32 Å². The highest BCUT2D eigenvalue weighted by Gasteiger charge is 2.07. The Kier molecular flexibility index (Phi) is 17.1.